The minimum Gasteiger partial charge on any atom is -0.665 e. The molecule has 0 heterocycles. The van der Waals surface area contributed by atoms with Gasteiger partial charge in [-0.15, -0.1) is 0 Å². The van der Waals surface area contributed by atoms with Crippen LogP contribution in [0.1, 0.15) is 41.5 Å². The van der Waals surface area contributed by atoms with Crippen molar-refractivity contribution in [2.75, 3.05) is 0 Å². The van der Waals surface area contributed by atoms with E-state index in [2.05, 4.69) is 41.5 Å². The Hall–Kier alpha value is 2.78. The first-order valence-electron chi connectivity index (χ1n) is 3.43. The molecule has 5 heteroatoms. The summed E-state index contributed by atoms with van der Waals surface area (Å²) >= 11 is 0. The van der Waals surface area contributed by atoms with Crippen LogP contribution in [0, 0.1) is 11.8 Å². The first-order chi connectivity index (χ1) is 4.88. The Morgan fingerprint density at radius 1 is 0.786 bits per heavy atom. The van der Waals surface area contributed by atoms with Crippen LogP contribution in [0.2, 0.25) is 0 Å². The van der Waals surface area contributed by atoms with Gasteiger partial charge in [-0.25, -0.2) is 0 Å². The van der Waals surface area contributed by atoms with E-state index in [1.807, 2.05) is 0 Å². The Bertz CT molecular complexity index is 57.6. The molecule has 0 fully saturated rings. The van der Waals surface area contributed by atoms with Gasteiger partial charge in [0.05, 0.1) is 0 Å². The fourth-order valence-electron chi connectivity index (χ4n) is 0. The molecule has 0 saturated carbocycles. The van der Waals surface area contributed by atoms with Gasteiger partial charge in [-0.3, -0.25) is 0 Å². The van der Waals surface area contributed by atoms with E-state index in [1.165, 1.54) is 11.8 Å². The van der Waals surface area contributed by atoms with E-state index in [9.17, 15) is 0 Å². The molecule has 0 aliphatic carbocycles. The first kappa shape index (κ1) is 36.0. The summed E-state index contributed by atoms with van der Waals surface area (Å²) in [5.41, 5.74) is 0. The van der Waals surface area contributed by atoms with Crippen molar-refractivity contribution >= 4 is 6.47 Å². The molecule has 0 amide bonds. The summed E-state index contributed by atoms with van der Waals surface area (Å²) in [5, 5.41) is 6.76. The van der Waals surface area contributed by atoms with Crippen LogP contribution in [-0.4, -0.2) is 11.6 Å². The van der Waals surface area contributed by atoms with E-state index >= 15 is 0 Å². The second kappa shape index (κ2) is 36.0. The summed E-state index contributed by atoms with van der Waals surface area (Å²) in [6.45, 7) is 13.0. The van der Waals surface area contributed by atoms with Crippen LogP contribution in [0.15, 0.2) is 0 Å². The van der Waals surface area contributed by atoms with Crippen LogP contribution in [0.25, 0.3) is 0 Å². The molecule has 0 bridgehead atoms. The van der Waals surface area contributed by atoms with Crippen LogP contribution in [-0.2, 0) is 103 Å². The molecule has 0 aromatic carbocycles. The van der Waals surface area contributed by atoms with Crippen molar-refractivity contribution in [2.45, 2.75) is 41.5 Å². The number of hydrogen-bond donors (Lipinski definition) is 1. The van der Waals surface area contributed by atoms with Crippen molar-refractivity contribution < 1.29 is 108 Å². The number of hydrogen-bond acceptors (Lipinski definition) is 1. The van der Waals surface area contributed by atoms with Crippen LogP contribution in [0.5, 0.6) is 0 Å². The molecular formula is C9H19O2Y3-3. The van der Waals surface area contributed by atoms with E-state index in [-0.39, 0.29) is 98.1 Å². The second-order valence-electron chi connectivity index (χ2n) is 3.09. The predicted molar refractivity (Wildman–Crippen MR) is 48.9 cm³/mol. The SMILES string of the molecule is C[C-](C)C.C[C-](C)C.O=[C-]O.[Y].[Y].[Y]. The molecule has 14 heavy (non-hydrogen) atoms. The summed E-state index contributed by atoms with van der Waals surface area (Å²) in [7, 11) is 0. The zero-order chi connectivity index (χ0) is 9.86. The molecule has 3 radical (unpaired) electrons. The van der Waals surface area contributed by atoms with Crippen molar-refractivity contribution in [3.05, 3.63) is 11.8 Å². The third-order valence-corrected chi connectivity index (χ3v) is 0. The van der Waals surface area contributed by atoms with Crippen molar-refractivity contribution in [3.8, 4) is 0 Å². The number of aliphatic hydroxyl groups excluding tert-OH is 1. The Morgan fingerprint density at radius 2 is 0.786 bits per heavy atom. The molecule has 0 aliphatic rings. The van der Waals surface area contributed by atoms with Gasteiger partial charge in [0.25, 0.3) is 0 Å². The van der Waals surface area contributed by atoms with E-state index in [0.717, 1.165) is 0 Å². The van der Waals surface area contributed by atoms with Gasteiger partial charge in [-0.05, 0) is 0 Å². The third kappa shape index (κ3) is 363. The minimum absolute atomic E-state index is 0. The minimum atomic E-state index is 0. The normalized spacial score (nSPS) is 6.00. The Morgan fingerprint density at radius 3 is 0.786 bits per heavy atom. The molecule has 0 aliphatic heterocycles. The zero-order valence-electron chi connectivity index (χ0n) is 10.1. The van der Waals surface area contributed by atoms with Crippen LogP contribution >= 0.6 is 0 Å². The molecule has 0 unspecified atom stereocenters. The summed E-state index contributed by atoms with van der Waals surface area (Å²) in [5.74, 6) is 2.83. The Kier molecular flexibility index (Phi) is 92.6. The average molecular weight is 426 g/mol. The van der Waals surface area contributed by atoms with Gasteiger partial charge in [0.1, 0.15) is 0 Å². The fraction of sp³-hybridized carbons (Fsp3) is 0.667. The van der Waals surface area contributed by atoms with Crippen molar-refractivity contribution in [1.82, 2.24) is 0 Å². The summed E-state index contributed by atoms with van der Waals surface area (Å²) in [6, 6.07) is 0. The molecule has 0 atom stereocenters. The summed E-state index contributed by atoms with van der Waals surface area (Å²) in [6.07, 6.45) is 0. The quantitative estimate of drug-likeness (QED) is 0.606. The molecular weight excluding hydrogens is 407 g/mol. The predicted octanol–water partition coefficient (Wildman–Crippen LogP) is 2.85. The fourth-order valence-corrected chi connectivity index (χ4v) is 0. The topological polar surface area (TPSA) is 37.3 Å². The molecule has 0 spiro atoms. The Balaban J connectivity index is -0.0000000156. The monoisotopic (exact) mass is 426 g/mol. The molecule has 1 N–H and O–H groups in total. The summed E-state index contributed by atoms with van der Waals surface area (Å²) < 4.78 is 0. The molecule has 0 aromatic heterocycles. The largest absolute Gasteiger partial charge is 0.665 e. The van der Waals surface area contributed by atoms with Crippen LogP contribution < -0.4 is 0 Å². The molecule has 0 saturated heterocycles. The first-order valence-corrected chi connectivity index (χ1v) is 3.43. The maximum absolute atomic E-state index is 8.24. The van der Waals surface area contributed by atoms with Crippen molar-refractivity contribution in [1.29, 1.82) is 0 Å². The van der Waals surface area contributed by atoms with Crippen molar-refractivity contribution in [3.63, 3.8) is 0 Å². The maximum Gasteiger partial charge on any atom is 0 e. The Labute approximate surface area is 165 Å². The van der Waals surface area contributed by atoms with E-state index in [1.54, 1.807) is 0 Å². The second-order valence-corrected chi connectivity index (χ2v) is 3.09. The van der Waals surface area contributed by atoms with Gasteiger partial charge in [0, 0.05) is 98.1 Å². The molecule has 79 valence electrons. The van der Waals surface area contributed by atoms with Gasteiger partial charge in [0.15, 0.2) is 0 Å². The van der Waals surface area contributed by atoms with Crippen molar-refractivity contribution in [2.24, 2.45) is 0 Å². The maximum atomic E-state index is 8.24. The molecule has 2 nitrogen and oxygen atoms in total. The number of rotatable bonds is 0. The van der Waals surface area contributed by atoms with E-state index < -0.39 is 0 Å². The van der Waals surface area contributed by atoms with Gasteiger partial charge in [-0.1, -0.05) is 6.47 Å². The molecule has 0 rings (SSSR count). The van der Waals surface area contributed by atoms with E-state index in [4.69, 9.17) is 9.90 Å². The molecule has 0 aromatic rings. The standard InChI is InChI=1S/2C4H9.CHO2.3Y/c2*1-4(2)3;2-1-3;;;/h2*1-3H3;(H,2,3);;;/q3*-1;;;. The van der Waals surface area contributed by atoms with Gasteiger partial charge >= 0.3 is 0 Å². The van der Waals surface area contributed by atoms with Gasteiger partial charge in [-0.2, -0.15) is 41.5 Å². The smallest absolute Gasteiger partial charge is 0 e. The van der Waals surface area contributed by atoms with E-state index in [0.29, 0.717) is 6.47 Å². The zero-order valence-corrected chi connectivity index (χ0v) is 18.6. The van der Waals surface area contributed by atoms with Gasteiger partial charge < -0.3 is 21.7 Å². The van der Waals surface area contributed by atoms with Gasteiger partial charge in [0.2, 0.25) is 0 Å². The van der Waals surface area contributed by atoms with Crippen LogP contribution in [0.4, 0.5) is 0 Å². The summed E-state index contributed by atoms with van der Waals surface area (Å²) in [4.78, 5) is 8.24. The average Bonchev–Trinajstić information content (AvgIpc) is 1.60. The third-order valence-electron chi connectivity index (χ3n) is 0. The van der Waals surface area contributed by atoms with Crippen LogP contribution in [0.3, 0.4) is 0 Å².